The number of imidazole rings is 1. The summed E-state index contributed by atoms with van der Waals surface area (Å²) in [5.74, 6) is 1.22. The third-order valence-electron chi connectivity index (χ3n) is 9.76. The van der Waals surface area contributed by atoms with Crippen molar-refractivity contribution in [2.75, 3.05) is 0 Å². The summed E-state index contributed by atoms with van der Waals surface area (Å²) in [6.07, 6.45) is 4.01. The second-order valence-electron chi connectivity index (χ2n) is 12.5. The van der Waals surface area contributed by atoms with E-state index in [4.69, 9.17) is 14.7 Å². The summed E-state index contributed by atoms with van der Waals surface area (Å²) in [6.45, 7) is 0. The fourth-order valence-electron chi connectivity index (χ4n) is 7.64. The van der Waals surface area contributed by atoms with E-state index in [9.17, 15) is 0 Å². The van der Waals surface area contributed by atoms with Crippen LogP contribution in [0.3, 0.4) is 0 Å². The standard InChI is InChI=1S/C44H24N4O.Pd/c1-3-10-27(11-4-1)31-22-23-45-44-41(31)36-16-9-15-35-34-21-19-30(25-40(34)48(44)42(35)36)49-29-18-20-32-33-14-7-8-17-39(33)47-26-38(28-12-5-2-6-13-28)46-43(47)37(32)24-29;/h1-23,26H;/q-2;+2. The average molecular weight is 731 g/mol. The van der Waals surface area contributed by atoms with Crippen molar-refractivity contribution in [1.29, 1.82) is 0 Å². The van der Waals surface area contributed by atoms with E-state index in [1.54, 1.807) is 0 Å². The summed E-state index contributed by atoms with van der Waals surface area (Å²) in [7, 11) is 0. The monoisotopic (exact) mass is 730 g/mol. The molecule has 0 atom stereocenters. The molecule has 11 aromatic rings. The van der Waals surface area contributed by atoms with Crippen molar-refractivity contribution in [2.45, 2.75) is 0 Å². The van der Waals surface area contributed by atoms with Crippen LogP contribution in [-0.2, 0) is 20.4 Å². The van der Waals surface area contributed by atoms with Gasteiger partial charge in [0.25, 0.3) is 0 Å². The maximum absolute atomic E-state index is 6.56. The molecule has 236 valence electrons. The first-order valence-electron chi connectivity index (χ1n) is 16.3. The van der Waals surface area contributed by atoms with E-state index in [0.29, 0.717) is 11.5 Å². The van der Waals surface area contributed by atoms with Crippen molar-refractivity contribution >= 4 is 65.5 Å². The Morgan fingerprint density at radius 3 is 2.10 bits per heavy atom. The van der Waals surface area contributed by atoms with Crippen LogP contribution in [0.15, 0.2) is 146 Å². The van der Waals surface area contributed by atoms with Crippen LogP contribution in [0.5, 0.6) is 11.5 Å². The maximum atomic E-state index is 6.56. The Kier molecular flexibility index (Phi) is 6.35. The number of benzene rings is 6. The van der Waals surface area contributed by atoms with Crippen molar-refractivity contribution < 1.29 is 25.2 Å². The van der Waals surface area contributed by atoms with Crippen molar-refractivity contribution in [3.8, 4) is 33.9 Å². The van der Waals surface area contributed by atoms with E-state index in [-0.39, 0.29) is 20.4 Å². The number of pyridine rings is 2. The number of nitrogens with zero attached hydrogens (tertiary/aromatic N) is 4. The van der Waals surface area contributed by atoms with Crippen LogP contribution in [0.2, 0.25) is 0 Å². The third-order valence-corrected chi connectivity index (χ3v) is 9.76. The Morgan fingerprint density at radius 1 is 0.560 bits per heavy atom. The molecule has 11 rings (SSSR count). The quantitative estimate of drug-likeness (QED) is 0.103. The van der Waals surface area contributed by atoms with Gasteiger partial charge in [0.1, 0.15) is 5.65 Å². The molecular weight excluding hydrogens is 707 g/mol. The fraction of sp³-hybridized carbons (Fsp3) is 0. The Hall–Kier alpha value is -6.06. The Bertz CT molecular complexity index is 3080. The van der Waals surface area contributed by atoms with Crippen LogP contribution >= 0.6 is 0 Å². The number of aromatic nitrogens is 4. The largest absolute Gasteiger partial charge is 2.00 e. The molecule has 0 saturated heterocycles. The van der Waals surface area contributed by atoms with Crippen LogP contribution in [-0.4, -0.2) is 18.8 Å². The minimum Gasteiger partial charge on any atom is -0.503 e. The van der Waals surface area contributed by atoms with Crippen molar-refractivity contribution in [3.05, 3.63) is 158 Å². The molecule has 0 saturated carbocycles. The number of rotatable bonds is 4. The van der Waals surface area contributed by atoms with Crippen molar-refractivity contribution in [2.24, 2.45) is 0 Å². The van der Waals surface area contributed by atoms with Gasteiger partial charge >= 0.3 is 20.4 Å². The summed E-state index contributed by atoms with van der Waals surface area (Å²) < 4.78 is 11.0. The first kappa shape index (κ1) is 28.9. The van der Waals surface area contributed by atoms with Gasteiger partial charge in [-0.15, -0.1) is 29.7 Å². The van der Waals surface area contributed by atoms with Crippen LogP contribution in [0, 0.1) is 12.1 Å². The Labute approximate surface area is 300 Å². The fourth-order valence-corrected chi connectivity index (χ4v) is 7.64. The van der Waals surface area contributed by atoms with Gasteiger partial charge in [0.2, 0.25) is 0 Å². The molecule has 6 aromatic carbocycles. The van der Waals surface area contributed by atoms with Crippen molar-refractivity contribution in [1.82, 2.24) is 18.8 Å². The molecule has 5 nitrogen and oxygen atoms in total. The zero-order valence-electron chi connectivity index (χ0n) is 26.4. The zero-order chi connectivity index (χ0) is 32.1. The molecule has 0 aliphatic rings. The van der Waals surface area contributed by atoms with E-state index >= 15 is 0 Å². The van der Waals surface area contributed by atoms with Crippen molar-refractivity contribution in [3.63, 3.8) is 0 Å². The van der Waals surface area contributed by atoms with Gasteiger partial charge in [0, 0.05) is 51.3 Å². The molecule has 0 spiro atoms. The van der Waals surface area contributed by atoms with E-state index in [1.165, 1.54) is 21.9 Å². The van der Waals surface area contributed by atoms with E-state index in [0.717, 1.165) is 66.0 Å². The molecule has 0 unspecified atom stereocenters. The van der Waals surface area contributed by atoms with Gasteiger partial charge in [-0.05, 0) is 34.0 Å². The SMILES string of the molecule is [Pd+2].[c-]1c(Oc2[c-]c3c(cc2)c2cccc4c5c(-c6ccccc6)ccnc5n3c24)ccc2c1c1nc(-c3ccccc3)cn1c1ccccc21. The predicted molar refractivity (Wildman–Crippen MR) is 198 cm³/mol. The zero-order valence-corrected chi connectivity index (χ0v) is 27.9. The molecule has 0 N–H and O–H groups in total. The molecule has 50 heavy (non-hydrogen) atoms. The van der Waals surface area contributed by atoms with Gasteiger partial charge in [-0.25, -0.2) is 4.98 Å². The summed E-state index contributed by atoms with van der Waals surface area (Å²) >= 11 is 0. The first-order chi connectivity index (χ1) is 24.3. The predicted octanol–water partition coefficient (Wildman–Crippen LogP) is 10.9. The second kappa shape index (κ2) is 11.0. The number of ether oxygens (including phenoxy) is 1. The normalized spacial score (nSPS) is 11.8. The van der Waals surface area contributed by atoms with E-state index in [2.05, 4.69) is 124 Å². The molecule has 5 aromatic heterocycles. The van der Waals surface area contributed by atoms with Crippen LogP contribution < -0.4 is 4.74 Å². The third kappa shape index (κ3) is 4.10. The smallest absolute Gasteiger partial charge is 0.503 e. The Balaban J connectivity index is 0.00000316. The van der Waals surface area contributed by atoms with Gasteiger partial charge in [-0.3, -0.25) is 4.98 Å². The number of hydrogen-bond acceptors (Lipinski definition) is 3. The van der Waals surface area contributed by atoms with Crippen LogP contribution in [0.25, 0.3) is 87.9 Å². The molecule has 0 aliphatic heterocycles. The second-order valence-corrected chi connectivity index (χ2v) is 12.5. The Morgan fingerprint density at radius 2 is 1.26 bits per heavy atom. The van der Waals surface area contributed by atoms with Gasteiger partial charge < -0.3 is 13.5 Å². The molecule has 0 fully saturated rings. The van der Waals surface area contributed by atoms with Crippen LogP contribution in [0.1, 0.15) is 0 Å². The first-order valence-corrected chi connectivity index (χ1v) is 16.3. The maximum Gasteiger partial charge on any atom is 2.00 e. The van der Waals surface area contributed by atoms with Gasteiger partial charge in [-0.1, -0.05) is 119 Å². The number of hydrogen-bond donors (Lipinski definition) is 0. The molecule has 0 radical (unpaired) electrons. The molecular formula is C44H24N4OPd. The van der Waals surface area contributed by atoms with Gasteiger partial charge in [0.05, 0.1) is 11.3 Å². The molecule has 5 heterocycles. The van der Waals surface area contributed by atoms with Crippen LogP contribution in [0.4, 0.5) is 0 Å². The van der Waals surface area contributed by atoms with E-state index < -0.39 is 0 Å². The van der Waals surface area contributed by atoms with Gasteiger partial charge in [-0.2, -0.15) is 6.07 Å². The molecule has 0 aliphatic carbocycles. The summed E-state index contributed by atoms with van der Waals surface area (Å²) in [4.78, 5) is 10.0. The summed E-state index contributed by atoms with van der Waals surface area (Å²) in [5.41, 5.74) is 9.26. The summed E-state index contributed by atoms with van der Waals surface area (Å²) in [5, 5.41) is 7.73. The minimum absolute atomic E-state index is 0. The topological polar surface area (TPSA) is 43.8 Å². The molecule has 6 heteroatoms. The van der Waals surface area contributed by atoms with Gasteiger partial charge in [0.15, 0.2) is 0 Å². The number of para-hydroxylation sites is 2. The number of fused-ring (bicyclic) bond motifs is 12. The molecule has 0 bridgehead atoms. The summed E-state index contributed by atoms with van der Waals surface area (Å²) in [6, 6.07) is 53.3. The minimum atomic E-state index is 0. The van der Waals surface area contributed by atoms with E-state index in [1.807, 2.05) is 42.6 Å². The molecule has 0 amide bonds. The average Bonchev–Trinajstić information content (AvgIpc) is 3.86.